The van der Waals surface area contributed by atoms with Crippen molar-refractivity contribution in [2.75, 3.05) is 5.32 Å². The largest absolute Gasteiger partial charge is 0.355 e. The normalized spacial score (nSPS) is 18.5. The fourth-order valence-electron chi connectivity index (χ4n) is 7.36. The van der Waals surface area contributed by atoms with Gasteiger partial charge >= 0.3 is 0 Å². The number of nitrogens with one attached hydrogen (secondary N) is 1. The molecule has 0 saturated carbocycles. The third kappa shape index (κ3) is 3.78. The van der Waals surface area contributed by atoms with Crippen molar-refractivity contribution in [2.24, 2.45) is 5.92 Å². The minimum Gasteiger partial charge on any atom is -0.355 e. The van der Waals surface area contributed by atoms with E-state index in [0.717, 1.165) is 17.8 Å². The molecule has 0 amide bonds. The van der Waals surface area contributed by atoms with Crippen LogP contribution in [0.2, 0.25) is 0 Å². The predicted octanol–water partition coefficient (Wildman–Crippen LogP) is 10.7. The standard InChI is InChI=1S/C41H31N/c1-3-15-31(16-4-1)41(32-17-5-2-6-18-32)37-22-10-9-20-36(37)40-38(41)23-12-24-39(40)42-33-27-25-30(26-28-33)35-21-11-14-29-13-7-8-19-34(29)35/h1-17,19-28,32,42H,18H2. The molecule has 2 aliphatic rings. The molecule has 1 heteroatoms. The number of benzene rings is 6. The predicted molar refractivity (Wildman–Crippen MR) is 177 cm³/mol. The van der Waals surface area contributed by atoms with Gasteiger partial charge < -0.3 is 5.32 Å². The SMILES string of the molecule is C1=CCC(C2(c3ccccc3)c3ccccc3-c3c(Nc4ccc(-c5cccc6ccccc56)cc4)cccc32)C=C1. The van der Waals surface area contributed by atoms with E-state index in [-0.39, 0.29) is 5.41 Å². The van der Waals surface area contributed by atoms with Crippen molar-refractivity contribution < 1.29 is 0 Å². The van der Waals surface area contributed by atoms with Crippen molar-refractivity contribution in [2.45, 2.75) is 11.8 Å². The van der Waals surface area contributed by atoms with Gasteiger partial charge in [-0.25, -0.2) is 0 Å². The maximum Gasteiger partial charge on any atom is 0.0529 e. The molecule has 2 aliphatic carbocycles. The van der Waals surface area contributed by atoms with Crippen LogP contribution in [0, 0.1) is 5.92 Å². The van der Waals surface area contributed by atoms with E-state index in [1.165, 1.54) is 49.7 Å². The number of hydrogen-bond donors (Lipinski definition) is 1. The summed E-state index contributed by atoms with van der Waals surface area (Å²) in [4.78, 5) is 0. The van der Waals surface area contributed by atoms with E-state index in [9.17, 15) is 0 Å². The quantitative estimate of drug-likeness (QED) is 0.231. The Bertz CT molecular complexity index is 1980. The molecule has 2 unspecified atom stereocenters. The lowest BCUT2D eigenvalue weighted by molar-refractivity contribution is 0.457. The van der Waals surface area contributed by atoms with Gasteiger partial charge in [0, 0.05) is 16.9 Å². The van der Waals surface area contributed by atoms with Gasteiger partial charge in [-0.1, -0.05) is 146 Å². The second-order valence-electron chi connectivity index (χ2n) is 11.3. The van der Waals surface area contributed by atoms with Gasteiger partial charge in [-0.3, -0.25) is 0 Å². The van der Waals surface area contributed by atoms with E-state index in [0.29, 0.717) is 5.92 Å². The molecule has 2 atom stereocenters. The highest BCUT2D eigenvalue weighted by Gasteiger charge is 2.49. The highest BCUT2D eigenvalue weighted by molar-refractivity contribution is 5.97. The molecule has 0 fully saturated rings. The summed E-state index contributed by atoms with van der Waals surface area (Å²) < 4.78 is 0. The van der Waals surface area contributed by atoms with E-state index in [1.54, 1.807) is 0 Å². The number of anilines is 2. The summed E-state index contributed by atoms with van der Waals surface area (Å²) >= 11 is 0. The molecule has 0 aliphatic heterocycles. The molecule has 0 radical (unpaired) electrons. The molecule has 0 spiro atoms. The fourth-order valence-corrected chi connectivity index (χ4v) is 7.36. The van der Waals surface area contributed by atoms with Crippen molar-refractivity contribution in [3.8, 4) is 22.3 Å². The van der Waals surface area contributed by atoms with E-state index >= 15 is 0 Å². The van der Waals surface area contributed by atoms with Gasteiger partial charge in [0.25, 0.3) is 0 Å². The van der Waals surface area contributed by atoms with Crippen LogP contribution < -0.4 is 5.32 Å². The summed E-state index contributed by atoms with van der Waals surface area (Å²) in [5.41, 5.74) is 11.2. The Morgan fingerprint density at radius 3 is 2.14 bits per heavy atom. The molecule has 0 heterocycles. The number of hydrogen-bond acceptors (Lipinski definition) is 1. The lowest BCUT2D eigenvalue weighted by Crippen LogP contribution is -2.35. The van der Waals surface area contributed by atoms with Gasteiger partial charge in [-0.15, -0.1) is 0 Å². The van der Waals surface area contributed by atoms with E-state index in [4.69, 9.17) is 0 Å². The highest BCUT2D eigenvalue weighted by atomic mass is 14.9. The maximum absolute atomic E-state index is 3.82. The van der Waals surface area contributed by atoms with Gasteiger partial charge in [0.05, 0.1) is 5.41 Å². The number of fused-ring (bicyclic) bond motifs is 4. The number of rotatable bonds is 5. The van der Waals surface area contributed by atoms with Crippen LogP contribution in [0.15, 0.2) is 164 Å². The van der Waals surface area contributed by atoms with Crippen LogP contribution >= 0.6 is 0 Å². The first kappa shape index (κ1) is 24.6. The third-order valence-electron chi connectivity index (χ3n) is 9.14. The van der Waals surface area contributed by atoms with E-state index < -0.39 is 0 Å². The zero-order valence-electron chi connectivity index (χ0n) is 23.4. The first-order valence-electron chi connectivity index (χ1n) is 14.8. The molecule has 0 bridgehead atoms. The molecule has 6 aromatic rings. The van der Waals surface area contributed by atoms with Gasteiger partial charge in [-0.2, -0.15) is 0 Å². The molecular formula is C41H31N. The summed E-state index contributed by atoms with van der Waals surface area (Å²) in [5.74, 6) is 0.322. The second kappa shape index (κ2) is 10.0. The first-order valence-corrected chi connectivity index (χ1v) is 14.8. The van der Waals surface area contributed by atoms with Crippen molar-refractivity contribution in [3.05, 3.63) is 181 Å². The second-order valence-corrected chi connectivity index (χ2v) is 11.3. The maximum atomic E-state index is 3.82. The van der Waals surface area contributed by atoms with Crippen LogP contribution in [-0.2, 0) is 5.41 Å². The molecular weight excluding hydrogens is 506 g/mol. The van der Waals surface area contributed by atoms with Crippen LogP contribution in [-0.4, -0.2) is 0 Å². The Morgan fingerprint density at radius 1 is 0.571 bits per heavy atom. The summed E-state index contributed by atoms with van der Waals surface area (Å²) in [6.45, 7) is 0. The zero-order valence-corrected chi connectivity index (χ0v) is 23.4. The molecule has 200 valence electrons. The Morgan fingerprint density at radius 2 is 1.29 bits per heavy atom. The monoisotopic (exact) mass is 537 g/mol. The van der Waals surface area contributed by atoms with Crippen LogP contribution in [0.5, 0.6) is 0 Å². The van der Waals surface area contributed by atoms with E-state index in [2.05, 4.69) is 169 Å². The Balaban J connectivity index is 1.25. The first-order chi connectivity index (χ1) is 20.8. The molecule has 42 heavy (non-hydrogen) atoms. The third-order valence-corrected chi connectivity index (χ3v) is 9.14. The van der Waals surface area contributed by atoms with Crippen LogP contribution in [0.1, 0.15) is 23.1 Å². The summed E-state index contributed by atoms with van der Waals surface area (Å²) in [7, 11) is 0. The van der Waals surface area contributed by atoms with Gasteiger partial charge in [0.1, 0.15) is 0 Å². The molecule has 1 N–H and O–H groups in total. The zero-order chi connectivity index (χ0) is 27.9. The highest BCUT2D eigenvalue weighted by Crippen LogP contribution is 2.59. The molecule has 0 saturated heterocycles. The summed E-state index contributed by atoms with van der Waals surface area (Å²) in [5, 5.41) is 6.37. The average Bonchev–Trinajstić information content (AvgIpc) is 3.38. The minimum atomic E-state index is -0.260. The van der Waals surface area contributed by atoms with E-state index in [1.807, 2.05) is 0 Å². The summed E-state index contributed by atoms with van der Waals surface area (Å²) in [6.07, 6.45) is 10.1. The summed E-state index contributed by atoms with van der Waals surface area (Å²) in [6, 6.07) is 50.9. The van der Waals surface area contributed by atoms with Crippen molar-refractivity contribution >= 4 is 22.1 Å². The Hall–Kier alpha value is -5.14. The average molecular weight is 538 g/mol. The molecule has 1 nitrogen and oxygen atoms in total. The van der Waals surface area contributed by atoms with Gasteiger partial charge in [0.15, 0.2) is 0 Å². The van der Waals surface area contributed by atoms with Gasteiger partial charge in [-0.05, 0) is 74.7 Å². The van der Waals surface area contributed by atoms with Crippen molar-refractivity contribution in [3.63, 3.8) is 0 Å². The Kier molecular flexibility index (Phi) is 5.89. The smallest absolute Gasteiger partial charge is 0.0529 e. The van der Waals surface area contributed by atoms with Crippen molar-refractivity contribution in [1.29, 1.82) is 0 Å². The fraction of sp³-hybridized carbons (Fsp3) is 0.0732. The van der Waals surface area contributed by atoms with Crippen LogP contribution in [0.4, 0.5) is 11.4 Å². The molecule has 0 aromatic heterocycles. The van der Waals surface area contributed by atoms with Gasteiger partial charge in [0.2, 0.25) is 0 Å². The van der Waals surface area contributed by atoms with Crippen LogP contribution in [0.3, 0.4) is 0 Å². The lowest BCUT2D eigenvalue weighted by Gasteiger charge is -2.39. The van der Waals surface area contributed by atoms with Crippen molar-refractivity contribution in [1.82, 2.24) is 0 Å². The number of allylic oxidation sites excluding steroid dienone is 4. The Labute approximate surface area is 247 Å². The topological polar surface area (TPSA) is 12.0 Å². The molecule has 8 rings (SSSR count). The lowest BCUT2D eigenvalue weighted by atomic mass is 9.62. The minimum absolute atomic E-state index is 0.260. The van der Waals surface area contributed by atoms with Crippen LogP contribution in [0.25, 0.3) is 33.0 Å². The molecule has 6 aromatic carbocycles.